The molecule has 3 aromatic rings. The molecule has 0 spiro atoms. The van der Waals surface area contributed by atoms with E-state index >= 15 is 0 Å². The Morgan fingerprint density at radius 2 is 1.85 bits per heavy atom. The van der Waals surface area contributed by atoms with Gasteiger partial charge in [0.15, 0.2) is 0 Å². The van der Waals surface area contributed by atoms with Crippen molar-refractivity contribution in [3.63, 3.8) is 0 Å². The normalized spacial score (nSPS) is 19.7. The maximum Gasteiger partial charge on any atom is 0.416 e. The minimum atomic E-state index is -4.37. The van der Waals surface area contributed by atoms with E-state index in [9.17, 15) is 13.2 Å². The number of rotatable bonds is 2. The first kappa shape index (κ1) is 16.6. The number of aryl methyl sites for hydroxylation is 1. The van der Waals surface area contributed by atoms with Crippen molar-refractivity contribution >= 4 is 5.95 Å². The summed E-state index contributed by atoms with van der Waals surface area (Å²) in [6.45, 7) is 2.01. The molecule has 0 bridgehead atoms. The summed E-state index contributed by atoms with van der Waals surface area (Å²) in [5.41, 5.74) is 2.15. The van der Waals surface area contributed by atoms with Crippen molar-refractivity contribution in [1.82, 2.24) is 14.8 Å². The zero-order chi connectivity index (χ0) is 18.3. The number of alkyl halides is 3. The van der Waals surface area contributed by atoms with Gasteiger partial charge in [0.2, 0.25) is 5.95 Å². The lowest BCUT2D eigenvalue weighted by molar-refractivity contribution is -0.137. The monoisotopic (exact) mass is 358 g/mol. The maximum absolute atomic E-state index is 13.1. The van der Waals surface area contributed by atoms with E-state index in [1.54, 1.807) is 10.7 Å². The van der Waals surface area contributed by atoms with Crippen LogP contribution in [0.3, 0.4) is 0 Å². The Balaban J connectivity index is 1.73. The number of hydrogen-bond donors (Lipinski definition) is 1. The SMILES string of the molecule is Cc1ccc(C2CC(c3cccc(C(F)(F)F)c3)n3ncnc3N2)cc1. The topological polar surface area (TPSA) is 42.7 Å². The minimum absolute atomic E-state index is 0.0492. The molecule has 1 aliphatic heterocycles. The van der Waals surface area contributed by atoms with Crippen LogP contribution in [-0.2, 0) is 6.18 Å². The van der Waals surface area contributed by atoms with Crippen molar-refractivity contribution in [2.75, 3.05) is 5.32 Å². The van der Waals surface area contributed by atoms with Crippen molar-refractivity contribution in [2.45, 2.75) is 31.6 Å². The van der Waals surface area contributed by atoms with Gasteiger partial charge in [0.1, 0.15) is 6.33 Å². The number of benzene rings is 2. The van der Waals surface area contributed by atoms with E-state index in [2.05, 4.69) is 15.4 Å². The first-order valence-corrected chi connectivity index (χ1v) is 8.31. The molecule has 0 amide bonds. The third kappa shape index (κ3) is 3.05. The van der Waals surface area contributed by atoms with Gasteiger partial charge < -0.3 is 5.32 Å². The molecule has 4 nitrogen and oxygen atoms in total. The lowest BCUT2D eigenvalue weighted by Gasteiger charge is -2.32. The maximum atomic E-state index is 13.1. The molecule has 26 heavy (non-hydrogen) atoms. The summed E-state index contributed by atoms with van der Waals surface area (Å²) in [4.78, 5) is 4.22. The largest absolute Gasteiger partial charge is 0.416 e. The third-order valence-electron chi connectivity index (χ3n) is 4.71. The fraction of sp³-hybridized carbons (Fsp3) is 0.263. The van der Waals surface area contributed by atoms with Gasteiger partial charge in [-0.1, -0.05) is 42.0 Å². The van der Waals surface area contributed by atoms with E-state index in [1.165, 1.54) is 18.5 Å². The Morgan fingerprint density at radius 1 is 1.08 bits per heavy atom. The van der Waals surface area contributed by atoms with Crippen molar-refractivity contribution < 1.29 is 13.2 Å². The molecule has 4 rings (SSSR count). The van der Waals surface area contributed by atoms with Crippen LogP contribution in [0.1, 0.15) is 40.8 Å². The van der Waals surface area contributed by atoms with Crippen LogP contribution in [0.25, 0.3) is 0 Å². The summed E-state index contributed by atoms with van der Waals surface area (Å²) in [6.07, 6.45) is -2.37. The lowest BCUT2D eigenvalue weighted by Crippen LogP contribution is -2.28. The van der Waals surface area contributed by atoms with E-state index in [0.717, 1.165) is 17.2 Å². The summed E-state index contributed by atoms with van der Waals surface area (Å²) in [6, 6.07) is 13.2. The average molecular weight is 358 g/mol. The highest BCUT2D eigenvalue weighted by atomic mass is 19.4. The third-order valence-corrected chi connectivity index (χ3v) is 4.71. The van der Waals surface area contributed by atoms with E-state index in [0.29, 0.717) is 17.9 Å². The van der Waals surface area contributed by atoms with Crippen LogP contribution in [0.15, 0.2) is 54.9 Å². The molecule has 1 aliphatic rings. The molecule has 0 saturated carbocycles. The van der Waals surface area contributed by atoms with Gasteiger partial charge >= 0.3 is 6.18 Å². The summed E-state index contributed by atoms with van der Waals surface area (Å²) in [7, 11) is 0. The molecule has 2 atom stereocenters. The smallest absolute Gasteiger partial charge is 0.348 e. The van der Waals surface area contributed by atoms with E-state index in [1.807, 2.05) is 31.2 Å². The summed E-state index contributed by atoms with van der Waals surface area (Å²) in [5, 5.41) is 7.53. The molecule has 0 aliphatic carbocycles. The summed E-state index contributed by atoms with van der Waals surface area (Å²) in [5.74, 6) is 0.559. The first-order chi connectivity index (χ1) is 12.4. The molecular formula is C19H17F3N4. The zero-order valence-corrected chi connectivity index (χ0v) is 14.0. The van der Waals surface area contributed by atoms with Crippen LogP contribution in [0.5, 0.6) is 0 Å². The standard InChI is InChI=1S/C19H17F3N4/c1-12-5-7-13(8-6-12)16-10-17(26-18(25-16)23-11-24-26)14-3-2-4-15(9-14)19(20,21)22/h2-9,11,16-17H,10H2,1H3,(H,23,24,25). The second-order valence-corrected chi connectivity index (χ2v) is 6.51. The summed E-state index contributed by atoms with van der Waals surface area (Å²) >= 11 is 0. The van der Waals surface area contributed by atoms with Gasteiger partial charge in [-0.3, -0.25) is 0 Å². The molecule has 1 aromatic heterocycles. The zero-order valence-electron chi connectivity index (χ0n) is 14.0. The molecule has 134 valence electrons. The van der Waals surface area contributed by atoms with Crippen LogP contribution < -0.4 is 5.32 Å². The number of nitrogens with zero attached hydrogens (tertiary/aromatic N) is 3. The number of aromatic nitrogens is 3. The predicted octanol–water partition coefficient (Wildman–Crippen LogP) is 4.75. The first-order valence-electron chi connectivity index (χ1n) is 8.31. The number of halogens is 3. The van der Waals surface area contributed by atoms with Gasteiger partial charge in [0, 0.05) is 0 Å². The van der Waals surface area contributed by atoms with E-state index < -0.39 is 11.7 Å². The molecule has 2 heterocycles. The molecule has 1 N–H and O–H groups in total. The highest BCUT2D eigenvalue weighted by molar-refractivity contribution is 5.39. The number of fused-ring (bicyclic) bond motifs is 1. The van der Waals surface area contributed by atoms with Gasteiger partial charge in [-0.05, 0) is 36.6 Å². The van der Waals surface area contributed by atoms with Gasteiger partial charge in [-0.2, -0.15) is 23.3 Å². The Kier molecular flexibility index (Phi) is 3.94. The Bertz CT molecular complexity index is 915. The number of nitrogens with one attached hydrogen (secondary N) is 1. The van der Waals surface area contributed by atoms with Gasteiger partial charge in [0.25, 0.3) is 0 Å². The van der Waals surface area contributed by atoms with Gasteiger partial charge in [-0.25, -0.2) is 4.68 Å². The molecule has 2 aromatic carbocycles. The van der Waals surface area contributed by atoms with Crippen molar-refractivity contribution in [3.8, 4) is 0 Å². The van der Waals surface area contributed by atoms with Crippen LogP contribution in [0, 0.1) is 6.92 Å². The molecule has 0 fully saturated rings. The fourth-order valence-electron chi connectivity index (χ4n) is 3.34. The van der Waals surface area contributed by atoms with Gasteiger partial charge in [0.05, 0.1) is 17.6 Å². The highest BCUT2D eigenvalue weighted by Gasteiger charge is 2.34. The lowest BCUT2D eigenvalue weighted by atomic mass is 9.92. The van der Waals surface area contributed by atoms with Crippen LogP contribution in [0.4, 0.5) is 19.1 Å². The average Bonchev–Trinajstić information content (AvgIpc) is 3.09. The van der Waals surface area contributed by atoms with Crippen LogP contribution >= 0.6 is 0 Å². The Labute approximate surface area is 148 Å². The number of anilines is 1. The van der Waals surface area contributed by atoms with Gasteiger partial charge in [-0.15, -0.1) is 0 Å². The van der Waals surface area contributed by atoms with Crippen LogP contribution in [-0.4, -0.2) is 14.8 Å². The van der Waals surface area contributed by atoms with E-state index in [4.69, 9.17) is 0 Å². The fourth-order valence-corrected chi connectivity index (χ4v) is 3.34. The Hall–Kier alpha value is -2.83. The minimum Gasteiger partial charge on any atom is -0.348 e. The van der Waals surface area contributed by atoms with Crippen molar-refractivity contribution in [2.24, 2.45) is 0 Å². The molecular weight excluding hydrogens is 341 g/mol. The highest BCUT2D eigenvalue weighted by Crippen LogP contribution is 2.39. The molecule has 0 saturated heterocycles. The Morgan fingerprint density at radius 3 is 2.58 bits per heavy atom. The second-order valence-electron chi connectivity index (χ2n) is 6.51. The molecule has 7 heteroatoms. The molecule has 0 radical (unpaired) electrons. The van der Waals surface area contributed by atoms with Crippen LogP contribution in [0.2, 0.25) is 0 Å². The van der Waals surface area contributed by atoms with Crippen molar-refractivity contribution in [1.29, 1.82) is 0 Å². The quantitative estimate of drug-likeness (QED) is 0.719. The van der Waals surface area contributed by atoms with E-state index in [-0.39, 0.29) is 12.1 Å². The predicted molar refractivity (Wildman–Crippen MR) is 91.8 cm³/mol. The second kappa shape index (κ2) is 6.16. The number of hydrogen-bond acceptors (Lipinski definition) is 3. The molecule has 2 unspecified atom stereocenters. The summed E-state index contributed by atoms with van der Waals surface area (Å²) < 4.78 is 41.0. The van der Waals surface area contributed by atoms with Crippen molar-refractivity contribution in [3.05, 3.63) is 77.1 Å².